The molecule has 1 aromatic heterocycles. The van der Waals surface area contributed by atoms with Gasteiger partial charge in [-0.05, 0) is 44.7 Å². The van der Waals surface area contributed by atoms with Gasteiger partial charge in [-0.2, -0.15) is 0 Å². The van der Waals surface area contributed by atoms with Gasteiger partial charge in [-0.3, -0.25) is 0 Å². The molecule has 3 rings (SSSR count). The molecule has 0 bridgehead atoms. The van der Waals surface area contributed by atoms with E-state index in [0.717, 1.165) is 23.6 Å². The van der Waals surface area contributed by atoms with Gasteiger partial charge in [-0.1, -0.05) is 6.42 Å². The first-order valence-corrected chi connectivity index (χ1v) is 7.69. The molecule has 17 heavy (non-hydrogen) atoms. The Balaban J connectivity index is 1.57. The van der Waals surface area contributed by atoms with Crippen LogP contribution in [0, 0.1) is 5.92 Å². The fourth-order valence-corrected chi connectivity index (χ4v) is 3.88. The smallest absolute Gasteiger partial charge is 0.182 e. The maximum atomic E-state index is 4.30. The van der Waals surface area contributed by atoms with Gasteiger partial charge in [-0.25, -0.2) is 4.98 Å². The molecule has 2 unspecified atom stereocenters. The van der Waals surface area contributed by atoms with Crippen LogP contribution >= 0.6 is 11.3 Å². The van der Waals surface area contributed by atoms with Crippen molar-refractivity contribution in [3.8, 4) is 0 Å². The molecule has 0 amide bonds. The lowest BCUT2D eigenvalue weighted by Crippen LogP contribution is -2.49. The van der Waals surface area contributed by atoms with Crippen molar-refractivity contribution in [1.29, 1.82) is 0 Å². The van der Waals surface area contributed by atoms with E-state index < -0.39 is 0 Å². The largest absolute Gasteiger partial charge is 0.361 e. The van der Waals surface area contributed by atoms with E-state index >= 15 is 0 Å². The first-order valence-electron chi connectivity index (χ1n) is 6.81. The van der Waals surface area contributed by atoms with Gasteiger partial charge in [-0.15, -0.1) is 11.3 Å². The Morgan fingerprint density at radius 1 is 1.29 bits per heavy atom. The zero-order valence-electron chi connectivity index (χ0n) is 10.3. The zero-order valence-corrected chi connectivity index (χ0v) is 11.1. The molecule has 2 aliphatic rings. The fourth-order valence-electron chi connectivity index (χ4n) is 3.34. The van der Waals surface area contributed by atoms with Crippen molar-refractivity contribution in [3.05, 3.63) is 11.6 Å². The summed E-state index contributed by atoms with van der Waals surface area (Å²) in [6.07, 6.45) is 8.88. The standard InChI is InChI=1S/C13H21N3S/c1-2-7-16-8-3-4-11(12(16)5-1)10-15-13-14-6-9-17-13/h6,9,11-12H,1-5,7-8,10H2,(H,14,15). The first-order chi connectivity index (χ1) is 8.43. The van der Waals surface area contributed by atoms with Crippen LogP contribution in [0.1, 0.15) is 32.1 Å². The average Bonchev–Trinajstić information content (AvgIpc) is 2.89. The minimum atomic E-state index is 0.827. The summed E-state index contributed by atoms with van der Waals surface area (Å²) in [5.41, 5.74) is 0. The molecule has 2 fully saturated rings. The quantitative estimate of drug-likeness (QED) is 0.895. The van der Waals surface area contributed by atoms with Crippen LogP contribution in [0.25, 0.3) is 0 Å². The van der Waals surface area contributed by atoms with Gasteiger partial charge >= 0.3 is 0 Å². The topological polar surface area (TPSA) is 28.2 Å². The molecule has 2 saturated heterocycles. The Morgan fingerprint density at radius 3 is 3.12 bits per heavy atom. The van der Waals surface area contributed by atoms with E-state index in [-0.39, 0.29) is 0 Å². The van der Waals surface area contributed by atoms with E-state index in [0.29, 0.717) is 0 Å². The number of aromatic nitrogens is 1. The zero-order chi connectivity index (χ0) is 11.5. The van der Waals surface area contributed by atoms with Crippen LogP contribution < -0.4 is 5.32 Å². The predicted molar refractivity (Wildman–Crippen MR) is 72.5 cm³/mol. The first kappa shape index (κ1) is 11.5. The minimum absolute atomic E-state index is 0.827. The van der Waals surface area contributed by atoms with Gasteiger partial charge in [0.2, 0.25) is 0 Å². The summed E-state index contributed by atoms with van der Waals surface area (Å²) in [7, 11) is 0. The number of nitrogens with zero attached hydrogens (tertiary/aromatic N) is 2. The maximum Gasteiger partial charge on any atom is 0.182 e. The van der Waals surface area contributed by atoms with Crippen LogP contribution in [0.5, 0.6) is 0 Å². The molecule has 1 N–H and O–H groups in total. The molecule has 1 aromatic rings. The van der Waals surface area contributed by atoms with Crippen molar-refractivity contribution in [2.75, 3.05) is 25.0 Å². The SMILES string of the molecule is c1csc(NCC2CCCN3CCCCC23)n1. The Hall–Kier alpha value is -0.610. The summed E-state index contributed by atoms with van der Waals surface area (Å²) in [5.74, 6) is 0.827. The van der Waals surface area contributed by atoms with Crippen LogP contribution in [0.15, 0.2) is 11.6 Å². The Morgan fingerprint density at radius 2 is 2.24 bits per heavy atom. The number of anilines is 1. The molecule has 94 valence electrons. The Kier molecular flexibility index (Phi) is 3.62. The van der Waals surface area contributed by atoms with Gasteiger partial charge in [0.25, 0.3) is 0 Å². The molecule has 0 aliphatic carbocycles. The molecule has 2 aliphatic heterocycles. The summed E-state index contributed by atoms with van der Waals surface area (Å²) < 4.78 is 0. The van der Waals surface area contributed by atoms with Gasteiger partial charge in [0.1, 0.15) is 0 Å². The van der Waals surface area contributed by atoms with E-state index in [2.05, 4.69) is 15.2 Å². The number of hydrogen-bond donors (Lipinski definition) is 1. The molecule has 0 aromatic carbocycles. The number of hydrogen-bond acceptors (Lipinski definition) is 4. The van der Waals surface area contributed by atoms with E-state index in [4.69, 9.17) is 0 Å². The average molecular weight is 251 g/mol. The maximum absolute atomic E-state index is 4.30. The third kappa shape index (κ3) is 2.63. The lowest BCUT2D eigenvalue weighted by Gasteiger charge is -2.44. The van der Waals surface area contributed by atoms with Crippen molar-refractivity contribution in [2.24, 2.45) is 5.92 Å². The molecule has 0 radical (unpaired) electrons. The van der Waals surface area contributed by atoms with Crippen LogP contribution in [0.4, 0.5) is 5.13 Å². The van der Waals surface area contributed by atoms with E-state index in [1.165, 1.54) is 45.2 Å². The number of rotatable bonds is 3. The second kappa shape index (κ2) is 5.36. The van der Waals surface area contributed by atoms with Gasteiger partial charge in [0.05, 0.1) is 0 Å². The highest BCUT2D eigenvalue weighted by atomic mass is 32.1. The normalized spacial score (nSPS) is 29.9. The molecule has 0 spiro atoms. The van der Waals surface area contributed by atoms with E-state index in [1.54, 1.807) is 11.3 Å². The van der Waals surface area contributed by atoms with E-state index in [9.17, 15) is 0 Å². The van der Waals surface area contributed by atoms with E-state index in [1.807, 2.05) is 11.6 Å². The highest BCUT2D eigenvalue weighted by molar-refractivity contribution is 7.13. The number of nitrogens with one attached hydrogen (secondary N) is 1. The highest BCUT2D eigenvalue weighted by Crippen LogP contribution is 2.31. The molecule has 3 heterocycles. The van der Waals surface area contributed by atoms with Crippen LogP contribution in [-0.2, 0) is 0 Å². The summed E-state index contributed by atoms with van der Waals surface area (Å²) in [6.45, 7) is 3.77. The Labute approximate surface area is 107 Å². The van der Waals surface area contributed by atoms with Crippen LogP contribution in [0.2, 0.25) is 0 Å². The predicted octanol–water partition coefficient (Wildman–Crippen LogP) is 2.82. The lowest BCUT2D eigenvalue weighted by atomic mass is 9.83. The third-order valence-electron chi connectivity index (χ3n) is 4.18. The summed E-state index contributed by atoms with van der Waals surface area (Å²) in [5, 5.41) is 6.63. The third-order valence-corrected chi connectivity index (χ3v) is 4.91. The summed E-state index contributed by atoms with van der Waals surface area (Å²) >= 11 is 1.71. The van der Waals surface area contributed by atoms with Gasteiger partial charge in [0, 0.05) is 24.2 Å². The number of piperidine rings is 2. The van der Waals surface area contributed by atoms with Crippen molar-refractivity contribution in [2.45, 2.75) is 38.1 Å². The summed E-state index contributed by atoms with van der Waals surface area (Å²) in [6, 6.07) is 0.838. The molecule has 4 heteroatoms. The number of thiazole rings is 1. The van der Waals surface area contributed by atoms with Crippen molar-refractivity contribution in [3.63, 3.8) is 0 Å². The van der Waals surface area contributed by atoms with Crippen LogP contribution in [-0.4, -0.2) is 35.6 Å². The number of fused-ring (bicyclic) bond motifs is 1. The fraction of sp³-hybridized carbons (Fsp3) is 0.769. The Bertz CT molecular complexity index is 336. The van der Waals surface area contributed by atoms with Gasteiger partial charge in [0.15, 0.2) is 5.13 Å². The molecule has 3 nitrogen and oxygen atoms in total. The molecule has 0 saturated carbocycles. The second-order valence-corrected chi connectivity index (χ2v) is 6.11. The van der Waals surface area contributed by atoms with Crippen molar-refractivity contribution in [1.82, 2.24) is 9.88 Å². The molecular weight excluding hydrogens is 230 g/mol. The molecular formula is C13H21N3S. The second-order valence-electron chi connectivity index (χ2n) is 5.22. The van der Waals surface area contributed by atoms with Gasteiger partial charge < -0.3 is 10.2 Å². The lowest BCUT2D eigenvalue weighted by molar-refractivity contribution is 0.0649. The van der Waals surface area contributed by atoms with Crippen molar-refractivity contribution < 1.29 is 0 Å². The minimum Gasteiger partial charge on any atom is -0.361 e. The monoisotopic (exact) mass is 251 g/mol. The summed E-state index contributed by atoms with van der Waals surface area (Å²) in [4.78, 5) is 7.02. The highest BCUT2D eigenvalue weighted by Gasteiger charge is 2.32. The van der Waals surface area contributed by atoms with Crippen molar-refractivity contribution >= 4 is 16.5 Å². The van der Waals surface area contributed by atoms with Crippen LogP contribution in [0.3, 0.4) is 0 Å². The molecule has 2 atom stereocenters.